The summed E-state index contributed by atoms with van der Waals surface area (Å²) in [6.07, 6.45) is 1.19. The highest BCUT2D eigenvalue weighted by Gasteiger charge is 2.28. The molecule has 32 heavy (non-hydrogen) atoms. The average molecular weight is 439 g/mol. The summed E-state index contributed by atoms with van der Waals surface area (Å²) in [6.45, 7) is 0.474. The van der Waals surface area contributed by atoms with Gasteiger partial charge in [-0.25, -0.2) is 4.79 Å². The number of fused-ring (bicyclic) bond motifs is 4. The molecule has 0 unspecified atom stereocenters. The van der Waals surface area contributed by atoms with Crippen LogP contribution in [0.2, 0.25) is 5.02 Å². The Morgan fingerprint density at radius 3 is 2.47 bits per heavy atom. The molecule has 0 saturated heterocycles. The minimum Gasteiger partial charge on any atom is -0.449 e. The maximum Gasteiger partial charge on any atom is 0.407 e. The number of amides is 1. The molecule has 0 spiro atoms. The summed E-state index contributed by atoms with van der Waals surface area (Å²) in [4.78, 5) is 16.5. The number of hydrogen-bond donors (Lipinski definition) is 1. The van der Waals surface area contributed by atoms with Crippen LogP contribution in [0.25, 0.3) is 22.0 Å². The molecule has 3 aromatic carbocycles. The van der Waals surface area contributed by atoms with Crippen LogP contribution in [-0.2, 0) is 4.74 Å². The van der Waals surface area contributed by atoms with Crippen molar-refractivity contribution in [2.45, 2.75) is 5.92 Å². The Balaban J connectivity index is 1.19. The second kappa shape index (κ2) is 8.74. The lowest BCUT2D eigenvalue weighted by molar-refractivity contribution is 0.144. The van der Waals surface area contributed by atoms with Gasteiger partial charge in [0.15, 0.2) is 0 Å². The van der Waals surface area contributed by atoms with E-state index in [9.17, 15) is 4.79 Å². The molecule has 4 aromatic rings. The Bertz CT molecular complexity index is 1340. The van der Waals surface area contributed by atoms with Crippen LogP contribution in [0, 0.1) is 11.8 Å². The highest BCUT2D eigenvalue weighted by atomic mass is 35.5. The van der Waals surface area contributed by atoms with Gasteiger partial charge < -0.3 is 10.1 Å². The lowest BCUT2D eigenvalue weighted by Gasteiger charge is -2.14. The lowest BCUT2D eigenvalue weighted by atomic mass is 9.98. The van der Waals surface area contributed by atoms with Gasteiger partial charge in [-0.3, -0.25) is 4.98 Å². The number of hydrogen-bond acceptors (Lipinski definition) is 3. The van der Waals surface area contributed by atoms with E-state index in [0.29, 0.717) is 5.02 Å². The van der Waals surface area contributed by atoms with Crippen molar-refractivity contribution in [1.29, 1.82) is 0 Å². The molecule has 0 fully saturated rings. The first-order valence-corrected chi connectivity index (χ1v) is 10.7. The molecular formula is C27H19ClN2O2. The van der Waals surface area contributed by atoms with Gasteiger partial charge in [0, 0.05) is 23.1 Å². The molecule has 1 aromatic heterocycles. The number of alkyl carbamates (subject to hydrolysis) is 1. The topological polar surface area (TPSA) is 51.2 Å². The SMILES string of the molecule is O=C(NCC#Cc1ccc2c(Cl)ccnc2c1)OCC1c2ccccc2-c2ccccc21. The zero-order chi connectivity index (χ0) is 21.9. The Kier molecular flexibility index (Phi) is 5.49. The summed E-state index contributed by atoms with van der Waals surface area (Å²) >= 11 is 6.17. The third-order valence-electron chi connectivity index (χ3n) is 5.59. The number of carbonyl (C=O) groups is 1. The smallest absolute Gasteiger partial charge is 0.407 e. The fraction of sp³-hybridized carbons (Fsp3) is 0.111. The molecule has 156 valence electrons. The third-order valence-corrected chi connectivity index (χ3v) is 5.92. The highest BCUT2D eigenvalue weighted by Crippen LogP contribution is 2.44. The van der Waals surface area contributed by atoms with E-state index in [1.54, 1.807) is 12.3 Å². The van der Waals surface area contributed by atoms with Gasteiger partial charge in [0.2, 0.25) is 0 Å². The van der Waals surface area contributed by atoms with E-state index in [0.717, 1.165) is 16.5 Å². The summed E-state index contributed by atoms with van der Waals surface area (Å²) in [6, 6.07) is 23.9. The van der Waals surface area contributed by atoms with Crippen molar-refractivity contribution in [3.63, 3.8) is 0 Å². The number of carbonyl (C=O) groups excluding carboxylic acids is 1. The molecule has 1 N–H and O–H groups in total. The normalized spacial score (nSPS) is 11.9. The van der Waals surface area contributed by atoms with E-state index in [1.807, 2.05) is 42.5 Å². The number of rotatable bonds is 3. The zero-order valence-electron chi connectivity index (χ0n) is 17.1. The van der Waals surface area contributed by atoms with Crippen LogP contribution in [0.1, 0.15) is 22.6 Å². The molecule has 1 aliphatic rings. The lowest BCUT2D eigenvalue weighted by Crippen LogP contribution is -2.26. The van der Waals surface area contributed by atoms with Crippen LogP contribution in [-0.4, -0.2) is 24.2 Å². The van der Waals surface area contributed by atoms with Crippen LogP contribution in [0.4, 0.5) is 4.79 Å². The van der Waals surface area contributed by atoms with Crippen molar-refractivity contribution in [1.82, 2.24) is 10.3 Å². The number of halogens is 1. The molecule has 1 heterocycles. The van der Waals surface area contributed by atoms with Crippen molar-refractivity contribution in [3.8, 4) is 23.0 Å². The van der Waals surface area contributed by atoms with Gasteiger partial charge in [0.05, 0.1) is 17.1 Å². The van der Waals surface area contributed by atoms with Crippen molar-refractivity contribution >= 4 is 28.6 Å². The van der Waals surface area contributed by atoms with Crippen LogP contribution >= 0.6 is 11.6 Å². The van der Waals surface area contributed by atoms with Crippen LogP contribution < -0.4 is 5.32 Å². The number of ether oxygens (including phenoxy) is 1. The standard InChI is InChI=1S/C27H19ClN2O2/c28-25-13-15-29-26-16-18(11-12-23(25)26)6-5-14-30-27(31)32-17-24-21-9-3-1-7-19(21)20-8-2-4-10-22(20)24/h1-4,7-13,15-16,24H,14,17H2,(H,30,31). The Labute approximate surface area is 191 Å². The molecule has 5 rings (SSSR count). The summed E-state index contributed by atoms with van der Waals surface area (Å²) in [5, 5.41) is 4.24. The van der Waals surface area contributed by atoms with E-state index in [2.05, 4.69) is 46.4 Å². The van der Waals surface area contributed by atoms with Crippen molar-refractivity contribution < 1.29 is 9.53 Å². The first-order valence-electron chi connectivity index (χ1n) is 10.3. The molecule has 0 bridgehead atoms. The molecule has 5 heteroatoms. The number of aromatic nitrogens is 1. The van der Waals surface area contributed by atoms with E-state index in [-0.39, 0.29) is 19.1 Å². The van der Waals surface area contributed by atoms with Crippen LogP contribution in [0.5, 0.6) is 0 Å². The predicted molar refractivity (Wildman–Crippen MR) is 127 cm³/mol. The molecule has 0 saturated carbocycles. The Morgan fingerprint density at radius 1 is 1.00 bits per heavy atom. The van der Waals surface area contributed by atoms with Gasteiger partial charge in [-0.2, -0.15) is 0 Å². The second-order valence-corrected chi connectivity index (χ2v) is 7.91. The van der Waals surface area contributed by atoms with Crippen molar-refractivity contribution in [3.05, 3.63) is 101 Å². The number of benzene rings is 3. The van der Waals surface area contributed by atoms with Crippen molar-refractivity contribution in [2.75, 3.05) is 13.2 Å². The van der Waals surface area contributed by atoms with Crippen LogP contribution in [0.15, 0.2) is 79.0 Å². The molecule has 0 atom stereocenters. The minimum absolute atomic E-state index is 0.0381. The third kappa shape index (κ3) is 3.91. The van der Waals surface area contributed by atoms with E-state index in [1.165, 1.54) is 22.3 Å². The predicted octanol–water partition coefficient (Wildman–Crippen LogP) is 5.78. The van der Waals surface area contributed by atoms with Gasteiger partial charge >= 0.3 is 6.09 Å². The van der Waals surface area contributed by atoms with E-state index >= 15 is 0 Å². The highest BCUT2D eigenvalue weighted by molar-refractivity contribution is 6.35. The van der Waals surface area contributed by atoms with Gasteiger partial charge in [-0.1, -0.05) is 78.0 Å². The first-order chi connectivity index (χ1) is 15.7. The van der Waals surface area contributed by atoms with Gasteiger partial charge in [0.1, 0.15) is 6.61 Å². The van der Waals surface area contributed by atoms with Gasteiger partial charge in [-0.15, -0.1) is 0 Å². The molecule has 4 nitrogen and oxygen atoms in total. The fourth-order valence-corrected chi connectivity index (χ4v) is 4.32. The monoisotopic (exact) mass is 438 g/mol. The first kappa shape index (κ1) is 20.1. The average Bonchev–Trinajstić information content (AvgIpc) is 3.14. The largest absolute Gasteiger partial charge is 0.449 e. The second-order valence-electron chi connectivity index (χ2n) is 7.51. The van der Waals surface area contributed by atoms with Crippen molar-refractivity contribution in [2.24, 2.45) is 0 Å². The molecule has 0 aliphatic heterocycles. The summed E-state index contributed by atoms with van der Waals surface area (Å²) < 4.78 is 5.52. The molecular weight excluding hydrogens is 420 g/mol. The quantitative estimate of drug-likeness (QED) is 0.412. The molecule has 1 amide bonds. The fourth-order valence-electron chi connectivity index (χ4n) is 4.10. The number of pyridine rings is 1. The van der Waals surface area contributed by atoms with Crippen LogP contribution in [0.3, 0.4) is 0 Å². The summed E-state index contributed by atoms with van der Waals surface area (Å²) in [7, 11) is 0. The summed E-state index contributed by atoms with van der Waals surface area (Å²) in [5.41, 5.74) is 6.37. The van der Waals surface area contributed by atoms with Gasteiger partial charge in [-0.05, 0) is 40.5 Å². The Hall–Kier alpha value is -3.81. The molecule has 1 aliphatic carbocycles. The summed E-state index contributed by atoms with van der Waals surface area (Å²) in [5.74, 6) is 6.02. The van der Waals surface area contributed by atoms with Gasteiger partial charge in [0.25, 0.3) is 0 Å². The maximum absolute atomic E-state index is 12.2. The van der Waals surface area contributed by atoms with E-state index in [4.69, 9.17) is 16.3 Å². The van der Waals surface area contributed by atoms with E-state index < -0.39 is 6.09 Å². The number of nitrogens with zero attached hydrogens (tertiary/aromatic N) is 1. The molecule has 0 radical (unpaired) electrons. The maximum atomic E-state index is 12.2. The number of nitrogens with one attached hydrogen (secondary N) is 1. The Morgan fingerprint density at radius 2 is 1.72 bits per heavy atom. The zero-order valence-corrected chi connectivity index (χ0v) is 17.9. The minimum atomic E-state index is -0.479.